The zero-order valence-electron chi connectivity index (χ0n) is 46.2. The Morgan fingerprint density at radius 2 is 0.620 bits per heavy atom. The molecule has 1 atom stereocenters. The van der Waals surface area contributed by atoms with E-state index in [1.165, 1.54) is 116 Å². The number of unbranched alkanes of at least 4 members (excludes halogenated alkanes) is 26. The van der Waals surface area contributed by atoms with Crippen molar-refractivity contribution < 1.29 is 28.6 Å². The molecule has 1 unspecified atom stereocenters. The summed E-state index contributed by atoms with van der Waals surface area (Å²) in [6.07, 6.45) is 79.3. The molecule has 0 bridgehead atoms. The third-order valence-electron chi connectivity index (χ3n) is 12.3. The second-order valence-corrected chi connectivity index (χ2v) is 19.2. The Hall–Kier alpha value is -3.93. The van der Waals surface area contributed by atoms with Crippen LogP contribution in [0.4, 0.5) is 0 Å². The number of allylic oxidation sites excluding steroid dienone is 18. The highest BCUT2D eigenvalue weighted by Crippen LogP contribution is 2.15. The van der Waals surface area contributed by atoms with Gasteiger partial charge in [-0.25, -0.2) is 0 Å². The molecule has 0 saturated carbocycles. The first-order valence-electron chi connectivity index (χ1n) is 29.4. The zero-order valence-corrected chi connectivity index (χ0v) is 46.2. The fourth-order valence-electron chi connectivity index (χ4n) is 7.95. The number of ether oxygens (including phenoxy) is 3. The molecule has 0 aromatic carbocycles. The summed E-state index contributed by atoms with van der Waals surface area (Å²) in [7, 11) is 0. The number of hydrogen-bond donors (Lipinski definition) is 0. The van der Waals surface area contributed by atoms with Crippen LogP contribution >= 0.6 is 0 Å². The first-order chi connectivity index (χ1) is 35.0. The molecular formula is C65H108O6. The van der Waals surface area contributed by atoms with E-state index in [4.69, 9.17) is 14.2 Å². The van der Waals surface area contributed by atoms with E-state index in [2.05, 4.69) is 130 Å². The van der Waals surface area contributed by atoms with Gasteiger partial charge in [0.1, 0.15) is 13.2 Å². The molecule has 0 rings (SSSR count). The second-order valence-electron chi connectivity index (χ2n) is 19.2. The van der Waals surface area contributed by atoms with Gasteiger partial charge in [0.2, 0.25) is 0 Å². The summed E-state index contributed by atoms with van der Waals surface area (Å²) in [5, 5.41) is 0. The second kappa shape index (κ2) is 58.6. The Kier molecular flexibility index (Phi) is 55.4. The molecule has 0 aliphatic carbocycles. The maximum Gasteiger partial charge on any atom is 0.306 e. The van der Waals surface area contributed by atoms with Crippen molar-refractivity contribution in [1.29, 1.82) is 0 Å². The predicted octanol–water partition coefficient (Wildman–Crippen LogP) is 19.9. The summed E-state index contributed by atoms with van der Waals surface area (Å²) in [6.45, 7) is 6.35. The quantitative estimate of drug-likeness (QED) is 0.0199. The van der Waals surface area contributed by atoms with Crippen LogP contribution < -0.4 is 0 Å². The molecule has 0 saturated heterocycles. The van der Waals surface area contributed by atoms with Crippen LogP contribution in [0.2, 0.25) is 0 Å². The Bertz CT molecular complexity index is 1460. The zero-order chi connectivity index (χ0) is 51.4. The molecule has 0 heterocycles. The SMILES string of the molecule is CC\C=C/C=C\C=C/CCCCCCCCCC(=O)OCC(COC(=O)CCCCCCCC/C=C\C/C=C\C/C=C\C/C=C\CC)OC(=O)CCCCCCCCCCCC/C=C\C=C/CCCCC. The minimum atomic E-state index is -0.794. The van der Waals surface area contributed by atoms with Crippen molar-refractivity contribution in [3.05, 3.63) is 109 Å². The van der Waals surface area contributed by atoms with Crippen LogP contribution in [-0.2, 0) is 28.6 Å². The predicted molar refractivity (Wildman–Crippen MR) is 307 cm³/mol. The molecule has 0 aliphatic rings. The number of carbonyl (C=O) groups excluding carboxylic acids is 3. The molecule has 0 aromatic heterocycles. The van der Waals surface area contributed by atoms with Gasteiger partial charge >= 0.3 is 17.9 Å². The van der Waals surface area contributed by atoms with Crippen molar-refractivity contribution in [2.45, 2.75) is 271 Å². The van der Waals surface area contributed by atoms with Crippen LogP contribution in [0.3, 0.4) is 0 Å². The third kappa shape index (κ3) is 56.9. The largest absolute Gasteiger partial charge is 0.462 e. The minimum Gasteiger partial charge on any atom is -0.462 e. The molecule has 0 spiro atoms. The summed E-state index contributed by atoms with van der Waals surface area (Å²) in [5.74, 6) is -0.917. The molecule has 6 heteroatoms. The first kappa shape index (κ1) is 67.1. The lowest BCUT2D eigenvalue weighted by Crippen LogP contribution is -2.30. The number of esters is 3. The lowest BCUT2D eigenvalue weighted by molar-refractivity contribution is -0.167. The average Bonchev–Trinajstić information content (AvgIpc) is 3.37. The lowest BCUT2D eigenvalue weighted by atomic mass is 10.1. The maximum atomic E-state index is 12.9. The Balaban J connectivity index is 4.43. The van der Waals surface area contributed by atoms with E-state index in [0.29, 0.717) is 19.3 Å². The molecule has 0 aromatic rings. The minimum absolute atomic E-state index is 0.0916. The van der Waals surface area contributed by atoms with Gasteiger partial charge in [-0.1, -0.05) is 252 Å². The van der Waals surface area contributed by atoms with Crippen molar-refractivity contribution in [3.63, 3.8) is 0 Å². The van der Waals surface area contributed by atoms with Crippen LogP contribution in [0, 0.1) is 0 Å². The number of carbonyl (C=O) groups is 3. The van der Waals surface area contributed by atoms with E-state index in [1.807, 2.05) is 0 Å². The Labute approximate surface area is 438 Å². The topological polar surface area (TPSA) is 78.9 Å². The highest BCUT2D eigenvalue weighted by atomic mass is 16.6. The highest BCUT2D eigenvalue weighted by molar-refractivity contribution is 5.71. The van der Waals surface area contributed by atoms with Crippen molar-refractivity contribution in [3.8, 4) is 0 Å². The molecular weight excluding hydrogens is 877 g/mol. The maximum absolute atomic E-state index is 12.9. The summed E-state index contributed by atoms with van der Waals surface area (Å²) in [5.41, 5.74) is 0. The Morgan fingerprint density at radius 1 is 0.310 bits per heavy atom. The van der Waals surface area contributed by atoms with E-state index in [-0.39, 0.29) is 31.1 Å². The van der Waals surface area contributed by atoms with Crippen molar-refractivity contribution in [1.82, 2.24) is 0 Å². The third-order valence-corrected chi connectivity index (χ3v) is 12.3. The number of rotatable bonds is 52. The molecule has 71 heavy (non-hydrogen) atoms. The molecule has 0 radical (unpaired) electrons. The molecule has 0 N–H and O–H groups in total. The number of hydrogen-bond acceptors (Lipinski definition) is 6. The van der Waals surface area contributed by atoms with Gasteiger partial charge in [0.15, 0.2) is 6.10 Å². The summed E-state index contributed by atoms with van der Waals surface area (Å²) in [6, 6.07) is 0. The standard InChI is InChI=1S/C65H108O6/c1-4-7-10-13-16-19-22-25-28-30-32-34-37-40-43-46-49-52-55-58-64(67)70-61-62(60-69-63(66)57-54-51-48-45-42-39-36-27-24-21-18-15-12-9-6-3)71-65(68)59-56-53-50-47-44-41-38-35-33-31-29-26-23-20-17-14-11-8-5-2/h7,9-10,12,15-21,23-26,28,32,34,62H,4-6,8,11,13-14,22,27,29-31,33,35-61H2,1-3H3/b10-7-,12-9-,18-15-,19-16-,20-17-,24-21-,26-23-,28-25-,34-32-. The van der Waals surface area contributed by atoms with E-state index in [1.54, 1.807) is 0 Å². The summed E-state index contributed by atoms with van der Waals surface area (Å²) in [4.78, 5) is 38.2. The van der Waals surface area contributed by atoms with Gasteiger partial charge < -0.3 is 14.2 Å². The van der Waals surface area contributed by atoms with E-state index < -0.39 is 6.10 Å². The van der Waals surface area contributed by atoms with Gasteiger partial charge in [0, 0.05) is 19.3 Å². The monoisotopic (exact) mass is 985 g/mol. The van der Waals surface area contributed by atoms with Gasteiger partial charge in [-0.3, -0.25) is 14.4 Å². The van der Waals surface area contributed by atoms with Gasteiger partial charge in [0.25, 0.3) is 0 Å². The van der Waals surface area contributed by atoms with Crippen LogP contribution in [0.15, 0.2) is 109 Å². The molecule has 0 aliphatic heterocycles. The highest BCUT2D eigenvalue weighted by Gasteiger charge is 2.19. The van der Waals surface area contributed by atoms with Gasteiger partial charge in [0.05, 0.1) is 0 Å². The average molecular weight is 986 g/mol. The van der Waals surface area contributed by atoms with Crippen LogP contribution in [-0.4, -0.2) is 37.2 Å². The Morgan fingerprint density at radius 3 is 1.03 bits per heavy atom. The normalized spacial score (nSPS) is 12.9. The smallest absolute Gasteiger partial charge is 0.306 e. The summed E-state index contributed by atoms with van der Waals surface area (Å²) < 4.78 is 16.9. The van der Waals surface area contributed by atoms with Crippen LogP contribution in [0.5, 0.6) is 0 Å². The molecule has 6 nitrogen and oxygen atoms in total. The van der Waals surface area contributed by atoms with Crippen molar-refractivity contribution in [2.75, 3.05) is 13.2 Å². The van der Waals surface area contributed by atoms with Crippen LogP contribution in [0.25, 0.3) is 0 Å². The van der Waals surface area contributed by atoms with Gasteiger partial charge in [-0.2, -0.15) is 0 Å². The van der Waals surface area contributed by atoms with E-state index >= 15 is 0 Å². The van der Waals surface area contributed by atoms with Crippen molar-refractivity contribution >= 4 is 17.9 Å². The van der Waals surface area contributed by atoms with E-state index in [0.717, 1.165) is 109 Å². The first-order valence-corrected chi connectivity index (χ1v) is 29.4. The fraction of sp³-hybridized carbons (Fsp3) is 0.677. The lowest BCUT2D eigenvalue weighted by Gasteiger charge is -2.18. The molecule has 404 valence electrons. The van der Waals surface area contributed by atoms with Crippen molar-refractivity contribution in [2.24, 2.45) is 0 Å². The van der Waals surface area contributed by atoms with Crippen LogP contribution in [0.1, 0.15) is 265 Å². The van der Waals surface area contributed by atoms with Gasteiger partial charge in [-0.05, 0) is 103 Å². The van der Waals surface area contributed by atoms with Gasteiger partial charge in [-0.15, -0.1) is 0 Å². The van der Waals surface area contributed by atoms with E-state index in [9.17, 15) is 14.4 Å². The molecule has 0 fully saturated rings. The fourth-order valence-corrected chi connectivity index (χ4v) is 7.95. The molecule has 0 amide bonds. The summed E-state index contributed by atoms with van der Waals surface area (Å²) >= 11 is 0.